The van der Waals surface area contributed by atoms with E-state index in [4.69, 9.17) is 0 Å². The Morgan fingerprint density at radius 3 is 2.90 bits per heavy atom. The molecule has 1 aromatic carbocycles. The molecule has 3 heterocycles. The summed E-state index contributed by atoms with van der Waals surface area (Å²) in [5.74, 6) is 0.731. The van der Waals surface area contributed by atoms with Crippen LogP contribution in [0.2, 0.25) is 0 Å². The number of carbonyl (C=O) groups excluding carboxylic acids is 2. The molecule has 1 atom stereocenters. The second-order valence-electron chi connectivity index (χ2n) is 7.21. The number of carbonyl (C=O) groups is 2. The number of amides is 2. The molecule has 0 radical (unpaired) electrons. The summed E-state index contributed by atoms with van der Waals surface area (Å²) in [6, 6.07) is 9.77. The molecule has 3 aromatic rings. The van der Waals surface area contributed by atoms with Crippen molar-refractivity contribution in [2.75, 3.05) is 19.6 Å². The SMILES string of the molecule is O=C(NCCN(CCc1ccccc1)C(=O)C1CCCc2ncnn21)c1cncs1. The Morgan fingerprint density at radius 2 is 2.10 bits per heavy atom. The topological polar surface area (TPSA) is 93.0 Å². The Hall–Kier alpha value is -3.07. The van der Waals surface area contributed by atoms with Gasteiger partial charge in [-0.05, 0) is 24.8 Å². The summed E-state index contributed by atoms with van der Waals surface area (Å²) < 4.78 is 1.76. The summed E-state index contributed by atoms with van der Waals surface area (Å²) in [5, 5.41) is 7.17. The maximum Gasteiger partial charge on any atom is 0.263 e. The number of aryl methyl sites for hydroxylation is 1. The number of aromatic nitrogens is 4. The fourth-order valence-corrected chi connectivity index (χ4v) is 4.22. The van der Waals surface area contributed by atoms with Crippen LogP contribution in [0.25, 0.3) is 0 Å². The van der Waals surface area contributed by atoms with Gasteiger partial charge in [-0.15, -0.1) is 11.3 Å². The Kier molecular flexibility index (Phi) is 6.48. The lowest BCUT2D eigenvalue weighted by Crippen LogP contribution is -2.44. The van der Waals surface area contributed by atoms with E-state index in [1.807, 2.05) is 23.1 Å². The third-order valence-corrected chi connectivity index (χ3v) is 6.03. The maximum absolute atomic E-state index is 13.4. The number of hydrogen-bond acceptors (Lipinski definition) is 6. The average Bonchev–Trinajstić information content (AvgIpc) is 3.48. The van der Waals surface area contributed by atoms with E-state index >= 15 is 0 Å². The van der Waals surface area contributed by atoms with Gasteiger partial charge in [-0.2, -0.15) is 5.10 Å². The Bertz CT molecular complexity index is 973. The third-order valence-electron chi connectivity index (χ3n) is 5.25. The summed E-state index contributed by atoms with van der Waals surface area (Å²) in [6.45, 7) is 1.41. The fourth-order valence-electron chi connectivity index (χ4n) is 3.69. The highest BCUT2D eigenvalue weighted by Crippen LogP contribution is 2.24. The van der Waals surface area contributed by atoms with Crippen LogP contribution in [0.3, 0.4) is 0 Å². The minimum atomic E-state index is -0.329. The predicted molar refractivity (Wildman–Crippen MR) is 113 cm³/mol. The number of nitrogens with one attached hydrogen (secondary N) is 1. The van der Waals surface area contributed by atoms with Crippen molar-refractivity contribution in [3.05, 3.63) is 64.6 Å². The van der Waals surface area contributed by atoms with Gasteiger partial charge >= 0.3 is 0 Å². The van der Waals surface area contributed by atoms with Crippen LogP contribution in [-0.4, -0.2) is 56.1 Å². The summed E-state index contributed by atoms with van der Waals surface area (Å²) in [6.07, 6.45) is 6.34. The first-order chi connectivity index (χ1) is 14.7. The van der Waals surface area contributed by atoms with E-state index in [1.54, 1.807) is 16.4 Å². The molecule has 0 spiro atoms. The van der Waals surface area contributed by atoms with Crippen molar-refractivity contribution in [2.24, 2.45) is 0 Å². The van der Waals surface area contributed by atoms with Crippen molar-refractivity contribution in [1.82, 2.24) is 30.0 Å². The lowest BCUT2D eigenvalue weighted by atomic mass is 10.0. The second-order valence-corrected chi connectivity index (χ2v) is 8.10. The molecule has 0 fully saturated rings. The molecule has 0 aliphatic carbocycles. The van der Waals surface area contributed by atoms with Crippen molar-refractivity contribution >= 4 is 23.2 Å². The van der Waals surface area contributed by atoms with Gasteiger partial charge in [-0.1, -0.05) is 30.3 Å². The summed E-state index contributed by atoms with van der Waals surface area (Å²) in [5.41, 5.74) is 2.80. The molecule has 1 N–H and O–H groups in total. The van der Waals surface area contributed by atoms with Gasteiger partial charge in [0.25, 0.3) is 5.91 Å². The lowest BCUT2D eigenvalue weighted by molar-refractivity contribution is -0.135. The molecule has 1 unspecified atom stereocenters. The summed E-state index contributed by atoms with van der Waals surface area (Å²) in [4.78, 5) is 36.2. The minimum Gasteiger partial charge on any atom is -0.350 e. The van der Waals surface area contributed by atoms with E-state index in [2.05, 4.69) is 32.5 Å². The second kappa shape index (κ2) is 9.62. The first-order valence-corrected chi connectivity index (χ1v) is 11.0. The standard InChI is InChI=1S/C21H24N6O2S/c28-20(18-13-22-15-30-18)23-10-12-26(11-9-16-5-2-1-3-6-16)21(29)17-7-4-8-19-24-14-25-27(17)19/h1-3,5-6,13-15,17H,4,7-12H2,(H,23,28). The van der Waals surface area contributed by atoms with Crippen LogP contribution in [0.15, 0.2) is 48.4 Å². The first-order valence-electron chi connectivity index (χ1n) is 10.1. The van der Waals surface area contributed by atoms with Crippen LogP contribution < -0.4 is 5.32 Å². The first kappa shape index (κ1) is 20.2. The molecule has 0 bridgehead atoms. The molecule has 2 amide bonds. The highest BCUT2D eigenvalue weighted by atomic mass is 32.1. The largest absolute Gasteiger partial charge is 0.350 e. The van der Waals surface area contributed by atoms with E-state index in [9.17, 15) is 9.59 Å². The van der Waals surface area contributed by atoms with Gasteiger partial charge in [-0.25, -0.2) is 9.67 Å². The molecular formula is C21H24N6O2S. The van der Waals surface area contributed by atoms with Gasteiger partial charge in [-0.3, -0.25) is 14.6 Å². The molecule has 0 saturated heterocycles. The number of rotatable bonds is 8. The molecule has 30 heavy (non-hydrogen) atoms. The summed E-state index contributed by atoms with van der Waals surface area (Å²) in [7, 11) is 0. The minimum absolute atomic E-state index is 0.0319. The normalized spacial score (nSPS) is 15.4. The van der Waals surface area contributed by atoms with Crippen molar-refractivity contribution in [1.29, 1.82) is 0 Å². The lowest BCUT2D eigenvalue weighted by Gasteiger charge is -2.30. The van der Waals surface area contributed by atoms with E-state index in [0.29, 0.717) is 24.5 Å². The number of thiazole rings is 1. The average molecular weight is 425 g/mol. The molecule has 1 aliphatic heterocycles. The monoisotopic (exact) mass is 424 g/mol. The molecule has 156 valence electrons. The quantitative estimate of drug-likeness (QED) is 0.598. The van der Waals surface area contributed by atoms with Gasteiger partial charge in [0.1, 0.15) is 23.1 Å². The van der Waals surface area contributed by atoms with Crippen molar-refractivity contribution < 1.29 is 9.59 Å². The van der Waals surface area contributed by atoms with Gasteiger partial charge in [0.05, 0.1) is 11.7 Å². The van der Waals surface area contributed by atoms with Crippen molar-refractivity contribution in [2.45, 2.75) is 31.7 Å². The van der Waals surface area contributed by atoms with Gasteiger partial charge in [0.15, 0.2) is 0 Å². The van der Waals surface area contributed by atoms with Crippen LogP contribution in [-0.2, 0) is 17.6 Å². The van der Waals surface area contributed by atoms with Gasteiger partial charge in [0, 0.05) is 26.1 Å². The molecular weight excluding hydrogens is 400 g/mol. The van der Waals surface area contributed by atoms with E-state index < -0.39 is 0 Å². The predicted octanol–water partition coefficient (Wildman–Crippen LogP) is 2.11. The number of hydrogen-bond donors (Lipinski definition) is 1. The number of benzene rings is 1. The van der Waals surface area contributed by atoms with Gasteiger partial charge in [0.2, 0.25) is 5.91 Å². The van der Waals surface area contributed by atoms with Crippen LogP contribution in [0, 0.1) is 0 Å². The van der Waals surface area contributed by atoms with E-state index in [-0.39, 0.29) is 17.9 Å². The fraction of sp³-hybridized carbons (Fsp3) is 0.381. The zero-order valence-corrected chi connectivity index (χ0v) is 17.4. The van der Waals surface area contributed by atoms with Gasteiger partial charge < -0.3 is 10.2 Å². The van der Waals surface area contributed by atoms with E-state index in [1.165, 1.54) is 23.2 Å². The Labute approximate surface area is 179 Å². The molecule has 2 aromatic heterocycles. The molecule has 0 saturated carbocycles. The van der Waals surface area contributed by atoms with Crippen LogP contribution in [0.1, 0.15) is 39.9 Å². The Balaban J connectivity index is 1.42. The number of nitrogens with zero attached hydrogens (tertiary/aromatic N) is 5. The van der Waals surface area contributed by atoms with E-state index in [0.717, 1.165) is 31.5 Å². The zero-order valence-electron chi connectivity index (χ0n) is 16.6. The number of fused-ring (bicyclic) bond motifs is 1. The maximum atomic E-state index is 13.4. The molecule has 4 rings (SSSR count). The molecule has 9 heteroatoms. The smallest absolute Gasteiger partial charge is 0.263 e. The van der Waals surface area contributed by atoms with Crippen LogP contribution in [0.4, 0.5) is 0 Å². The molecule has 8 nitrogen and oxygen atoms in total. The van der Waals surface area contributed by atoms with Crippen molar-refractivity contribution in [3.63, 3.8) is 0 Å². The Morgan fingerprint density at radius 1 is 1.23 bits per heavy atom. The zero-order chi connectivity index (χ0) is 20.8. The van der Waals surface area contributed by atoms with Crippen LogP contribution >= 0.6 is 11.3 Å². The summed E-state index contributed by atoms with van der Waals surface area (Å²) >= 11 is 1.30. The third kappa shape index (κ3) is 4.73. The highest BCUT2D eigenvalue weighted by Gasteiger charge is 2.30. The highest BCUT2D eigenvalue weighted by molar-refractivity contribution is 7.11. The van der Waals surface area contributed by atoms with Crippen molar-refractivity contribution in [3.8, 4) is 0 Å². The molecule has 1 aliphatic rings. The van der Waals surface area contributed by atoms with Crippen LogP contribution in [0.5, 0.6) is 0 Å².